The molecule has 2 aromatic heterocycles. The lowest BCUT2D eigenvalue weighted by atomic mass is 9.95. The number of aromatic nitrogens is 2. The van der Waals surface area contributed by atoms with Crippen LogP contribution in [0.3, 0.4) is 0 Å². The quantitative estimate of drug-likeness (QED) is 0.0714. The highest BCUT2D eigenvalue weighted by Crippen LogP contribution is 2.49. The largest absolute Gasteiger partial charge is 0.411 e. The third-order valence-electron chi connectivity index (χ3n) is 8.31. The maximum absolute atomic E-state index is 13.9. The number of nitriles is 2. The number of anilines is 2. The summed E-state index contributed by atoms with van der Waals surface area (Å²) in [6, 6.07) is 11.8. The van der Waals surface area contributed by atoms with Gasteiger partial charge < -0.3 is 25.9 Å². The van der Waals surface area contributed by atoms with Crippen LogP contribution in [0.2, 0.25) is 0 Å². The number of rotatable bonds is 10. The van der Waals surface area contributed by atoms with Gasteiger partial charge in [0.2, 0.25) is 0 Å². The number of nitrogens with one attached hydrogen (secondary N) is 4. The number of hydrogen-bond acceptors (Lipinski definition) is 9. The van der Waals surface area contributed by atoms with Crippen LogP contribution < -0.4 is 32.8 Å². The van der Waals surface area contributed by atoms with E-state index in [2.05, 4.69) is 38.5 Å². The van der Waals surface area contributed by atoms with E-state index >= 15 is 0 Å². The summed E-state index contributed by atoms with van der Waals surface area (Å²) in [5, 5.41) is 29.4. The number of halogens is 6. The lowest BCUT2D eigenvalue weighted by Gasteiger charge is -2.27. The number of pyridine rings is 2. The van der Waals surface area contributed by atoms with Gasteiger partial charge in [-0.25, -0.2) is 0 Å². The van der Waals surface area contributed by atoms with Crippen LogP contribution in [0.4, 0.5) is 37.7 Å². The highest BCUT2D eigenvalue weighted by molar-refractivity contribution is 5.99. The number of nitrogens with zero attached hydrogens (tertiary/aromatic N) is 4. The molecule has 0 aliphatic heterocycles. The monoisotopic (exact) mass is 697 g/mol. The zero-order valence-electron chi connectivity index (χ0n) is 27.1. The second-order valence-electron chi connectivity index (χ2n) is 13.3. The number of hydrazine groups is 1. The molecule has 262 valence electrons. The first-order chi connectivity index (χ1) is 23.4. The lowest BCUT2D eigenvalue weighted by molar-refractivity contribution is -0.163. The van der Waals surface area contributed by atoms with Gasteiger partial charge in [-0.1, -0.05) is 32.9 Å². The van der Waals surface area contributed by atoms with E-state index in [0.717, 1.165) is 12.4 Å². The minimum atomic E-state index is -4.67. The molecule has 1 saturated carbocycles. The van der Waals surface area contributed by atoms with E-state index in [1.54, 1.807) is 12.1 Å². The first-order valence-corrected chi connectivity index (χ1v) is 15.4. The molecule has 0 bridgehead atoms. The van der Waals surface area contributed by atoms with Gasteiger partial charge in [0.1, 0.15) is 24.2 Å². The van der Waals surface area contributed by atoms with Crippen LogP contribution in [0.15, 0.2) is 65.5 Å². The number of hydrogen-bond donors (Lipinski definition) is 5. The maximum Gasteiger partial charge on any atom is 0.411 e. The van der Waals surface area contributed by atoms with Crippen molar-refractivity contribution in [2.45, 2.75) is 64.1 Å². The van der Waals surface area contributed by atoms with Crippen molar-refractivity contribution >= 4 is 33.1 Å². The number of benzene rings is 2. The van der Waals surface area contributed by atoms with Gasteiger partial charge >= 0.3 is 12.4 Å². The second kappa shape index (κ2) is 13.1. The Morgan fingerprint density at radius 3 is 2.32 bits per heavy atom. The summed E-state index contributed by atoms with van der Waals surface area (Å²) >= 11 is 0. The Kier molecular flexibility index (Phi) is 9.38. The average Bonchev–Trinajstić information content (AvgIpc) is 3.84. The Bertz CT molecular complexity index is 2110. The van der Waals surface area contributed by atoms with Crippen molar-refractivity contribution in [2.75, 3.05) is 17.2 Å². The summed E-state index contributed by atoms with van der Waals surface area (Å²) in [5.74, 6) is 5.90. The first-order valence-electron chi connectivity index (χ1n) is 15.4. The fourth-order valence-corrected chi connectivity index (χ4v) is 5.56. The summed E-state index contributed by atoms with van der Waals surface area (Å²) in [6.45, 7) is 4.89. The third kappa shape index (κ3) is 7.40. The van der Waals surface area contributed by atoms with Gasteiger partial charge in [-0.3, -0.25) is 15.6 Å². The minimum Gasteiger partial charge on any atom is -0.383 e. The van der Waals surface area contributed by atoms with Gasteiger partial charge in [-0.05, 0) is 53.5 Å². The van der Waals surface area contributed by atoms with Crippen LogP contribution in [0.1, 0.15) is 56.3 Å². The fourth-order valence-electron chi connectivity index (χ4n) is 5.56. The molecule has 1 fully saturated rings. The summed E-state index contributed by atoms with van der Waals surface area (Å²) in [4.78, 5) is 17.5. The van der Waals surface area contributed by atoms with Gasteiger partial charge in [-0.2, -0.15) is 36.9 Å². The first kappa shape index (κ1) is 35.8. The molecule has 0 radical (unpaired) electrons. The topological polar surface area (TPSA) is 157 Å². The van der Waals surface area contributed by atoms with E-state index in [-0.39, 0.29) is 62.6 Å². The highest BCUT2D eigenvalue weighted by Gasteiger charge is 2.63. The molecule has 10 nitrogen and oxygen atoms in total. The molecule has 6 N–H and O–H groups in total. The Morgan fingerprint density at radius 2 is 1.74 bits per heavy atom. The predicted molar refractivity (Wildman–Crippen MR) is 176 cm³/mol. The molecule has 0 spiro atoms. The third-order valence-corrected chi connectivity index (χ3v) is 8.31. The van der Waals surface area contributed by atoms with Crippen molar-refractivity contribution in [2.24, 2.45) is 11.3 Å². The fraction of sp³-hybridized carbons (Fsp3) is 0.353. The van der Waals surface area contributed by atoms with Gasteiger partial charge in [0.05, 0.1) is 34.1 Å². The van der Waals surface area contributed by atoms with Crippen LogP contribution >= 0.6 is 0 Å². The molecule has 1 atom stereocenters. The Balaban J connectivity index is 1.70. The van der Waals surface area contributed by atoms with Gasteiger partial charge in [0.15, 0.2) is 0 Å². The molecule has 2 heterocycles. The van der Waals surface area contributed by atoms with E-state index in [0.29, 0.717) is 22.2 Å². The van der Waals surface area contributed by atoms with Crippen molar-refractivity contribution < 1.29 is 26.3 Å². The molecule has 0 amide bonds. The smallest absolute Gasteiger partial charge is 0.383 e. The van der Waals surface area contributed by atoms with Gasteiger partial charge in [0, 0.05) is 41.6 Å². The Hall–Kier alpha value is -5.48. The van der Waals surface area contributed by atoms with Crippen molar-refractivity contribution in [3.63, 3.8) is 0 Å². The van der Waals surface area contributed by atoms with Crippen LogP contribution in [0, 0.1) is 28.1 Å². The Labute approximate surface area is 282 Å². The summed E-state index contributed by atoms with van der Waals surface area (Å²) < 4.78 is 81.7. The van der Waals surface area contributed by atoms with Crippen LogP contribution in [-0.2, 0) is 6.54 Å². The number of fused-ring (bicyclic) bond motifs is 2. The van der Waals surface area contributed by atoms with E-state index in [4.69, 9.17) is 5.84 Å². The molecule has 1 aliphatic rings. The SMILES string of the molecule is CC(C)(C)CNc1c(C#N)cnc2c(C#N)cc(N[C@H](/C(=C/NC3(C(F)(F)F)CC3)NN)c3cccc4c(=O)n(CC(F)(F)F)ccc34)cc12. The van der Waals surface area contributed by atoms with Crippen LogP contribution in [-0.4, -0.2) is 34.0 Å². The normalized spacial score (nSPS) is 15.2. The zero-order chi connectivity index (χ0) is 36.6. The van der Waals surface area contributed by atoms with Crippen molar-refractivity contribution in [3.05, 3.63) is 87.7 Å². The van der Waals surface area contributed by atoms with Gasteiger partial charge in [0.25, 0.3) is 5.56 Å². The molecule has 0 unspecified atom stereocenters. The minimum absolute atomic E-state index is 0.0268. The summed E-state index contributed by atoms with van der Waals surface area (Å²) in [5.41, 5.74) is 0.645. The van der Waals surface area contributed by atoms with Crippen molar-refractivity contribution in [3.8, 4) is 12.1 Å². The molecular weight excluding hydrogens is 664 g/mol. The highest BCUT2D eigenvalue weighted by atomic mass is 19.4. The standard InChI is InChI=1S/C34H33F6N9O/c1-31(2,3)17-45-28-20(14-42)15-44-27-19(13-41)11-21(12-25(27)28)47-29(26(48-43)16-46-32(8-9-32)34(38,39)40)23-5-4-6-24-22(23)7-10-49(30(24)50)18-33(35,36)37/h4-7,10-12,15-16,29,46-48H,8-9,17-18,43H2,1-3H3,(H,44,45)/b26-16-/t29-/m0/s1. The van der Waals surface area contributed by atoms with E-state index in [1.807, 2.05) is 20.8 Å². The average molecular weight is 698 g/mol. The molecule has 4 aromatic rings. The lowest BCUT2D eigenvalue weighted by Crippen LogP contribution is -2.43. The van der Waals surface area contributed by atoms with Crippen molar-refractivity contribution in [1.29, 1.82) is 10.5 Å². The maximum atomic E-state index is 13.9. The molecule has 5 rings (SSSR count). The van der Waals surface area contributed by atoms with Gasteiger partial charge in [-0.15, -0.1) is 0 Å². The molecular formula is C34H33F6N9O. The number of alkyl halides is 6. The Morgan fingerprint density at radius 1 is 1.04 bits per heavy atom. The zero-order valence-corrected chi connectivity index (χ0v) is 27.1. The predicted octanol–water partition coefficient (Wildman–Crippen LogP) is 6.46. The molecule has 0 saturated heterocycles. The van der Waals surface area contributed by atoms with Crippen LogP contribution in [0.5, 0.6) is 0 Å². The summed E-state index contributed by atoms with van der Waals surface area (Å²) in [7, 11) is 0. The second-order valence-corrected chi connectivity index (χ2v) is 13.3. The van der Waals surface area contributed by atoms with E-state index in [9.17, 15) is 41.7 Å². The molecule has 1 aliphatic carbocycles. The number of nitrogens with two attached hydrogens (primary N) is 1. The van der Waals surface area contributed by atoms with Crippen LogP contribution in [0.25, 0.3) is 21.7 Å². The molecule has 16 heteroatoms. The van der Waals surface area contributed by atoms with E-state index < -0.39 is 36.0 Å². The van der Waals surface area contributed by atoms with Crippen molar-refractivity contribution in [1.82, 2.24) is 20.3 Å². The molecule has 2 aromatic carbocycles. The summed E-state index contributed by atoms with van der Waals surface area (Å²) in [6.07, 6.45) is -6.18. The molecule has 50 heavy (non-hydrogen) atoms. The van der Waals surface area contributed by atoms with E-state index in [1.165, 1.54) is 30.5 Å².